The van der Waals surface area contributed by atoms with Gasteiger partial charge in [0.1, 0.15) is 16.5 Å². The van der Waals surface area contributed by atoms with Crippen molar-refractivity contribution in [3.05, 3.63) is 46.3 Å². The first kappa shape index (κ1) is 14.9. The molecule has 1 aromatic rings. The molecular weight excluding hydrogens is 277 g/mol. The molecule has 0 saturated heterocycles. The smallest absolute Gasteiger partial charge is 0.261 e. The maximum absolute atomic E-state index is 12.8. The lowest BCUT2D eigenvalue weighted by Gasteiger charge is -2.17. The summed E-state index contributed by atoms with van der Waals surface area (Å²) in [5.74, 6) is 0.357. The zero-order chi connectivity index (χ0) is 14.7. The fraction of sp³-hybridized carbons (Fsp3) is 0.400. The average molecular weight is 295 g/mol. The van der Waals surface area contributed by atoms with Crippen molar-refractivity contribution in [2.75, 3.05) is 0 Å². The molecule has 0 bridgehead atoms. The number of hydrogen-bond donors (Lipinski definition) is 2. The van der Waals surface area contributed by atoms with Crippen molar-refractivity contribution in [1.82, 2.24) is 5.32 Å². The van der Waals surface area contributed by atoms with Crippen molar-refractivity contribution in [3.63, 3.8) is 0 Å². The summed E-state index contributed by atoms with van der Waals surface area (Å²) in [6.07, 6.45) is 0.880. The average Bonchev–Trinajstić information content (AvgIpc) is 2.73. The monoisotopic (exact) mass is 295 g/mol. The largest absolute Gasteiger partial charge is 0.509 e. The van der Waals surface area contributed by atoms with E-state index in [4.69, 9.17) is 0 Å². The topological polar surface area (TPSA) is 49.3 Å². The van der Waals surface area contributed by atoms with E-state index in [-0.39, 0.29) is 29.4 Å². The van der Waals surface area contributed by atoms with Crippen LogP contribution in [0.3, 0.4) is 0 Å². The summed E-state index contributed by atoms with van der Waals surface area (Å²) in [5.41, 5.74) is 0.913. The van der Waals surface area contributed by atoms with Crippen LogP contribution in [0.4, 0.5) is 4.39 Å². The second kappa shape index (κ2) is 6.31. The SMILES string of the molecule is CCC(C)C1NC(=O)C(SCc2ccc(F)cc2)=C1O. The van der Waals surface area contributed by atoms with Gasteiger partial charge >= 0.3 is 0 Å². The van der Waals surface area contributed by atoms with Gasteiger partial charge < -0.3 is 10.4 Å². The van der Waals surface area contributed by atoms with Gasteiger partial charge in [0.05, 0.1) is 6.04 Å². The van der Waals surface area contributed by atoms with Gasteiger partial charge in [0.25, 0.3) is 5.91 Å². The van der Waals surface area contributed by atoms with Gasteiger partial charge in [-0.2, -0.15) is 0 Å². The highest BCUT2D eigenvalue weighted by molar-refractivity contribution is 8.03. The summed E-state index contributed by atoms with van der Waals surface area (Å²) in [6, 6.07) is 5.85. The van der Waals surface area contributed by atoms with E-state index in [0.29, 0.717) is 10.7 Å². The van der Waals surface area contributed by atoms with Gasteiger partial charge in [0.2, 0.25) is 0 Å². The Morgan fingerprint density at radius 1 is 1.40 bits per heavy atom. The minimum Gasteiger partial charge on any atom is -0.509 e. The third-order valence-electron chi connectivity index (χ3n) is 3.53. The number of halogens is 1. The van der Waals surface area contributed by atoms with E-state index in [1.807, 2.05) is 13.8 Å². The summed E-state index contributed by atoms with van der Waals surface area (Å²) in [4.78, 5) is 12.3. The van der Waals surface area contributed by atoms with Crippen molar-refractivity contribution in [1.29, 1.82) is 0 Å². The quantitative estimate of drug-likeness (QED) is 0.875. The maximum Gasteiger partial charge on any atom is 0.261 e. The van der Waals surface area contributed by atoms with E-state index in [1.54, 1.807) is 12.1 Å². The lowest BCUT2D eigenvalue weighted by Crippen LogP contribution is -2.34. The fourth-order valence-corrected chi connectivity index (χ4v) is 3.02. The van der Waals surface area contributed by atoms with Crippen LogP contribution in [0.5, 0.6) is 0 Å². The van der Waals surface area contributed by atoms with Gasteiger partial charge in [-0.05, 0) is 23.6 Å². The molecule has 108 valence electrons. The molecule has 0 spiro atoms. The summed E-state index contributed by atoms with van der Waals surface area (Å²) >= 11 is 1.29. The zero-order valence-corrected chi connectivity index (χ0v) is 12.3. The van der Waals surface area contributed by atoms with Crippen LogP contribution in [-0.2, 0) is 10.5 Å². The van der Waals surface area contributed by atoms with Crippen LogP contribution in [-0.4, -0.2) is 17.1 Å². The Bertz CT molecular complexity index is 527. The van der Waals surface area contributed by atoms with Crippen molar-refractivity contribution in [3.8, 4) is 0 Å². The zero-order valence-electron chi connectivity index (χ0n) is 11.5. The minimum absolute atomic E-state index is 0.136. The first-order valence-corrected chi connectivity index (χ1v) is 7.62. The number of carbonyl (C=O) groups excluding carboxylic acids is 1. The number of hydrogen-bond acceptors (Lipinski definition) is 3. The van der Waals surface area contributed by atoms with E-state index in [0.717, 1.165) is 12.0 Å². The van der Waals surface area contributed by atoms with Gasteiger partial charge in [-0.1, -0.05) is 32.4 Å². The van der Waals surface area contributed by atoms with Crippen molar-refractivity contribution in [2.45, 2.75) is 32.1 Å². The van der Waals surface area contributed by atoms with Crippen LogP contribution in [0.1, 0.15) is 25.8 Å². The highest BCUT2D eigenvalue weighted by Gasteiger charge is 2.34. The molecule has 2 unspecified atom stereocenters. The Morgan fingerprint density at radius 3 is 2.65 bits per heavy atom. The van der Waals surface area contributed by atoms with E-state index in [1.165, 1.54) is 23.9 Å². The number of amides is 1. The summed E-state index contributed by atoms with van der Waals surface area (Å²) in [6.45, 7) is 4.02. The molecule has 0 aliphatic carbocycles. The van der Waals surface area contributed by atoms with Gasteiger partial charge in [-0.3, -0.25) is 4.79 Å². The standard InChI is InChI=1S/C15H18FNO2S/c1-3-9(2)12-13(18)14(15(19)17-12)20-8-10-4-6-11(16)7-5-10/h4-7,9,12,18H,3,8H2,1-2H3,(H,17,19). The highest BCUT2D eigenvalue weighted by Crippen LogP contribution is 2.31. The second-order valence-electron chi connectivity index (χ2n) is 4.97. The van der Waals surface area contributed by atoms with E-state index in [2.05, 4.69) is 5.32 Å². The Morgan fingerprint density at radius 2 is 2.05 bits per heavy atom. The van der Waals surface area contributed by atoms with Crippen LogP contribution in [0, 0.1) is 11.7 Å². The highest BCUT2D eigenvalue weighted by atomic mass is 32.2. The molecule has 0 aromatic heterocycles. The Balaban J connectivity index is 2.06. The number of benzene rings is 1. The molecule has 2 rings (SSSR count). The number of aliphatic hydroxyl groups is 1. The molecule has 1 heterocycles. The molecule has 1 aromatic carbocycles. The fourth-order valence-electron chi connectivity index (χ4n) is 2.06. The number of rotatable bonds is 5. The van der Waals surface area contributed by atoms with Crippen molar-refractivity contribution >= 4 is 17.7 Å². The molecule has 3 nitrogen and oxygen atoms in total. The lowest BCUT2D eigenvalue weighted by molar-refractivity contribution is -0.116. The predicted octanol–water partition coefficient (Wildman–Crippen LogP) is 3.37. The molecule has 1 amide bonds. The molecule has 2 N–H and O–H groups in total. The molecule has 1 aliphatic heterocycles. The molecule has 5 heteroatoms. The van der Waals surface area contributed by atoms with Gasteiger partial charge in [0.15, 0.2) is 0 Å². The number of aliphatic hydroxyl groups excluding tert-OH is 1. The van der Waals surface area contributed by atoms with Gasteiger partial charge in [-0.15, -0.1) is 11.8 Å². The number of nitrogens with one attached hydrogen (secondary N) is 1. The molecule has 20 heavy (non-hydrogen) atoms. The number of thioether (sulfide) groups is 1. The molecule has 1 aliphatic rings. The Hall–Kier alpha value is -1.49. The molecule has 0 fully saturated rings. The molecule has 0 radical (unpaired) electrons. The Kier molecular flexibility index (Phi) is 4.70. The van der Waals surface area contributed by atoms with Crippen molar-refractivity contribution < 1.29 is 14.3 Å². The number of carbonyl (C=O) groups is 1. The van der Waals surface area contributed by atoms with E-state index in [9.17, 15) is 14.3 Å². The first-order chi connectivity index (χ1) is 9.52. The summed E-state index contributed by atoms with van der Waals surface area (Å²) in [7, 11) is 0. The lowest BCUT2D eigenvalue weighted by atomic mass is 9.99. The van der Waals surface area contributed by atoms with E-state index < -0.39 is 0 Å². The summed E-state index contributed by atoms with van der Waals surface area (Å²) in [5, 5.41) is 13.0. The van der Waals surface area contributed by atoms with Crippen molar-refractivity contribution in [2.24, 2.45) is 5.92 Å². The molecule has 2 atom stereocenters. The van der Waals surface area contributed by atoms with Gasteiger partial charge in [0, 0.05) is 5.75 Å². The molecule has 0 saturated carbocycles. The maximum atomic E-state index is 12.8. The second-order valence-corrected chi connectivity index (χ2v) is 5.95. The van der Waals surface area contributed by atoms with Crippen LogP contribution in [0.15, 0.2) is 34.9 Å². The third kappa shape index (κ3) is 3.15. The van der Waals surface area contributed by atoms with E-state index >= 15 is 0 Å². The summed E-state index contributed by atoms with van der Waals surface area (Å²) < 4.78 is 12.8. The Labute approximate surface area is 122 Å². The predicted molar refractivity (Wildman–Crippen MR) is 78.7 cm³/mol. The van der Waals surface area contributed by atoms with Crippen LogP contribution in [0.25, 0.3) is 0 Å². The normalized spacial score (nSPS) is 20.1. The third-order valence-corrected chi connectivity index (χ3v) is 4.69. The van der Waals surface area contributed by atoms with Crippen LogP contribution < -0.4 is 5.32 Å². The van der Waals surface area contributed by atoms with Gasteiger partial charge in [-0.25, -0.2) is 4.39 Å². The van der Waals surface area contributed by atoms with Crippen LogP contribution >= 0.6 is 11.8 Å². The van der Waals surface area contributed by atoms with Crippen LogP contribution in [0.2, 0.25) is 0 Å². The molecular formula is C15H18FNO2S. The minimum atomic E-state index is -0.289. The first-order valence-electron chi connectivity index (χ1n) is 6.64.